The molecule has 80 valence electrons. The fourth-order valence-electron chi connectivity index (χ4n) is 1.57. The Morgan fingerprint density at radius 3 is 3.27 bits per heavy atom. The van der Waals surface area contributed by atoms with Crippen molar-refractivity contribution in [1.82, 2.24) is 15.5 Å². The topological polar surface area (TPSA) is 49.9 Å². The van der Waals surface area contributed by atoms with Gasteiger partial charge in [-0.25, -0.2) is 0 Å². The van der Waals surface area contributed by atoms with Gasteiger partial charge < -0.3 is 10.1 Å². The van der Waals surface area contributed by atoms with Crippen molar-refractivity contribution in [3.05, 3.63) is 30.0 Å². The maximum Gasteiger partial charge on any atom is 0.0695 e. The maximum absolute atomic E-state index is 4.97. The first-order valence-electron chi connectivity index (χ1n) is 5.02. The fraction of sp³-hybridized carbons (Fsp3) is 0.364. The second-order valence-corrected chi connectivity index (χ2v) is 3.42. The Labute approximate surface area is 88.6 Å². The van der Waals surface area contributed by atoms with Crippen molar-refractivity contribution in [2.75, 3.05) is 20.3 Å². The van der Waals surface area contributed by atoms with Gasteiger partial charge in [-0.3, -0.25) is 5.10 Å². The third-order valence-corrected chi connectivity index (χ3v) is 2.36. The molecule has 0 spiro atoms. The molecule has 0 saturated heterocycles. The molecule has 4 heteroatoms. The van der Waals surface area contributed by atoms with Crippen LogP contribution in [0.2, 0.25) is 0 Å². The number of fused-ring (bicyclic) bond motifs is 1. The predicted molar refractivity (Wildman–Crippen MR) is 59.7 cm³/mol. The summed E-state index contributed by atoms with van der Waals surface area (Å²) in [4.78, 5) is 0. The van der Waals surface area contributed by atoms with Crippen LogP contribution in [0.15, 0.2) is 24.4 Å². The number of nitrogens with one attached hydrogen (secondary N) is 2. The third-order valence-electron chi connectivity index (χ3n) is 2.36. The Hall–Kier alpha value is -1.39. The second-order valence-electron chi connectivity index (χ2n) is 3.42. The summed E-state index contributed by atoms with van der Waals surface area (Å²) >= 11 is 0. The summed E-state index contributed by atoms with van der Waals surface area (Å²) in [6.07, 6.45) is 1.84. The quantitative estimate of drug-likeness (QED) is 0.723. The van der Waals surface area contributed by atoms with E-state index in [0.717, 1.165) is 30.6 Å². The van der Waals surface area contributed by atoms with Crippen LogP contribution in [0.5, 0.6) is 0 Å². The molecule has 15 heavy (non-hydrogen) atoms. The lowest BCUT2D eigenvalue weighted by Gasteiger charge is -2.04. The minimum absolute atomic E-state index is 0.735. The molecule has 1 heterocycles. The zero-order valence-corrected chi connectivity index (χ0v) is 8.79. The van der Waals surface area contributed by atoms with Crippen LogP contribution in [0, 0.1) is 0 Å². The second kappa shape index (κ2) is 4.91. The number of aromatic nitrogens is 2. The van der Waals surface area contributed by atoms with Gasteiger partial charge in [-0.15, -0.1) is 0 Å². The molecule has 2 aromatic rings. The van der Waals surface area contributed by atoms with E-state index in [0.29, 0.717) is 0 Å². The molecule has 0 saturated carbocycles. The van der Waals surface area contributed by atoms with E-state index in [9.17, 15) is 0 Å². The molecule has 1 aromatic carbocycles. The lowest BCUT2D eigenvalue weighted by atomic mass is 10.1. The molecule has 0 unspecified atom stereocenters. The van der Waals surface area contributed by atoms with Crippen LogP contribution in [-0.4, -0.2) is 30.5 Å². The minimum Gasteiger partial charge on any atom is -0.383 e. The predicted octanol–water partition coefficient (Wildman–Crippen LogP) is 1.30. The fourth-order valence-corrected chi connectivity index (χ4v) is 1.57. The van der Waals surface area contributed by atoms with Crippen LogP contribution in [0.25, 0.3) is 10.9 Å². The first kappa shape index (κ1) is 10.1. The van der Waals surface area contributed by atoms with Gasteiger partial charge in [0.05, 0.1) is 18.3 Å². The van der Waals surface area contributed by atoms with Crippen molar-refractivity contribution in [2.45, 2.75) is 6.54 Å². The molecule has 0 bridgehead atoms. The van der Waals surface area contributed by atoms with Gasteiger partial charge in [0.15, 0.2) is 0 Å². The molecule has 2 N–H and O–H groups in total. The molecule has 0 amide bonds. The smallest absolute Gasteiger partial charge is 0.0695 e. The monoisotopic (exact) mass is 205 g/mol. The largest absolute Gasteiger partial charge is 0.383 e. The highest BCUT2D eigenvalue weighted by Gasteiger charge is 2.01. The highest BCUT2D eigenvalue weighted by atomic mass is 16.5. The van der Waals surface area contributed by atoms with Crippen molar-refractivity contribution in [1.29, 1.82) is 0 Å². The van der Waals surface area contributed by atoms with Gasteiger partial charge in [-0.2, -0.15) is 5.10 Å². The number of nitrogens with zero attached hydrogens (tertiary/aromatic N) is 1. The molecule has 0 fully saturated rings. The average molecular weight is 205 g/mol. The zero-order chi connectivity index (χ0) is 10.5. The van der Waals surface area contributed by atoms with Crippen LogP contribution in [0.4, 0.5) is 0 Å². The first-order valence-corrected chi connectivity index (χ1v) is 5.02. The van der Waals surface area contributed by atoms with Gasteiger partial charge >= 0.3 is 0 Å². The molecule has 0 atom stereocenters. The molecule has 4 nitrogen and oxygen atoms in total. The van der Waals surface area contributed by atoms with Gasteiger partial charge in [-0.1, -0.05) is 18.2 Å². The minimum atomic E-state index is 0.735. The molecule has 0 aliphatic heterocycles. The van der Waals surface area contributed by atoms with Crippen LogP contribution in [0.3, 0.4) is 0 Å². The summed E-state index contributed by atoms with van der Waals surface area (Å²) in [5.41, 5.74) is 2.35. The molecule has 0 aliphatic carbocycles. The number of aromatic amines is 1. The van der Waals surface area contributed by atoms with Gasteiger partial charge in [0, 0.05) is 25.6 Å². The SMILES string of the molecule is COCCNCc1cccc2cn[nH]c12. The number of methoxy groups -OCH3 is 1. The standard InChI is InChI=1S/C11H15N3O/c1-15-6-5-12-7-9-3-2-4-10-8-13-14-11(9)10/h2-4,8,12H,5-7H2,1H3,(H,13,14). The van der Waals surface area contributed by atoms with E-state index in [-0.39, 0.29) is 0 Å². The summed E-state index contributed by atoms with van der Waals surface area (Å²) in [5, 5.41) is 11.5. The van der Waals surface area contributed by atoms with Gasteiger partial charge in [0.2, 0.25) is 0 Å². The summed E-state index contributed by atoms with van der Waals surface area (Å²) in [6.45, 7) is 2.43. The van der Waals surface area contributed by atoms with Crippen LogP contribution in [0.1, 0.15) is 5.56 Å². The van der Waals surface area contributed by atoms with Gasteiger partial charge in [-0.05, 0) is 5.56 Å². The Morgan fingerprint density at radius 1 is 1.47 bits per heavy atom. The van der Waals surface area contributed by atoms with Gasteiger partial charge in [0.1, 0.15) is 0 Å². The molecular weight excluding hydrogens is 190 g/mol. The van der Waals surface area contributed by atoms with E-state index in [1.807, 2.05) is 12.3 Å². The van der Waals surface area contributed by atoms with Crippen LogP contribution < -0.4 is 5.32 Å². The number of H-pyrrole nitrogens is 1. The number of benzene rings is 1. The first-order chi connectivity index (χ1) is 7.42. The Kier molecular flexibility index (Phi) is 3.32. The van der Waals surface area contributed by atoms with E-state index in [4.69, 9.17) is 4.74 Å². The van der Waals surface area contributed by atoms with E-state index in [2.05, 4.69) is 27.6 Å². The Morgan fingerprint density at radius 2 is 2.40 bits per heavy atom. The highest BCUT2D eigenvalue weighted by Crippen LogP contribution is 2.14. The number of hydrogen-bond donors (Lipinski definition) is 2. The van der Waals surface area contributed by atoms with E-state index in [1.165, 1.54) is 5.56 Å². The molecular formula is C11H15N3O. The van der Waals surface area contributed by atoms with Crippen molar-refractivity contribution >= 4 is 10.9 Å². The highest BCUT2D eigenvalue weighted by molar-refractivity contribution is 5.81. The van der Waals surface area contributed by atoms with Gasteiger partial charge in [0.25, 0.3) is 0 Å². The van der Waals surface area contributed by atoms with E-state index in [1.54, 1.807) is 7.11 Å². The zero-order valence-electron chi connectivity index (χ0n) is 8.79. The molecule has 0 radical (unpaired) electrons. The van der Waals surface area contributed by atoms with Crippen LogP contribution in [-0.2, 0) is 11.3 Å². The maximum atomic E-state index is 4.97. The Balaban J connectivity index is 2.04. The number of para-hydroxylation sites is 1. The van der Waals surface area contributed by atoms with Crippen molar-refractivity contribution in [3.63, 3.8) is 0 Å². The normalized spacial score (nSPS) is 11.0. The summed E-state index contributed by atoms with van der Waals surface area (Å²) < 4.78 is 4.97. The summed E-state index contributed by atoms with van der Waals surface area (Å²) in [7, 11) is 1.71. The molecule has 2 rings (SSSR count). The average Bonchev–Trinajstić information content (AvgIpc) is 2.73. The lowest BCUT2D eigenvalue weighted by Crippen LogP contribution is -2.18. The van der Waals surface area contributed by atoms with E-state index >= 15 is 0 Å². The summed E-state index contributed by atoms with van der Waals surface area (Å²) in [5.74, 6) is 0. The van der Waals surface area contributed by atoms with Crippen LogP contribution >= 0.6 is 0 Å². The number of hydrogen-bond acceptors (Lipinski definition) is 3. The van der Waals surface area contributed by atoms with Crippen molar-refractivity contribution in [3.8, 4) is 0 Å². The number of ether oxygens (including phenoxy) is 1. The third kappa shape index (κ3) is 2.34. The van der Waals surface area contributed by atoms with Crippen molar-refractivity contribution in [2.24, 2.45) is 0 Å². The lowest BCUT2D eigenvalue weighted by molar-refractivity contribution is 0.199. The summed E-state index contributed by atoms with van der Waals surface area (Å²) in [6, 6.07) is 6.20. The Bertz CT molecular complexity index is 424. The van der Waals surface area contributed by atoms with E-state index < -0.39 is 0 Å². The molecule has 1 aromatic heterocycles. The number of rotatable bonds is 5. The van der Waals surface area contributed by atoms with Crippen molar-refractivity contribution < 1.29 is 4.74 Å². The molecule has 0 aliphatic rings.